The molecule has 2 rings (SSSR count). The zero-order valence-electron chi connectivity index (χ0n) is 10.8. The van der Waals surface area contributed by atoms with Crippen LogP contribution in [-0.2, 0) is 12.8 Å². The molecule has 2 aromatic rings. The van der Waals surface area contributed by atoms with Crippen LogP contribution >= 0.6 is 0 Å². The summed E-state index contributed by atoms with van der Waals surface area (Å²) in [4.78, 5) is 4.27. The van der Waals surface area contributed by atoms with Gasteiger partial charge in [-0.2, -0.15) is 4.98 Å². The van der Waals surface area contributed by atoms with Gasteiger partial charge in [0.05, 0.1) is 6.61 Å². The molecule has 0 unspecified atom stereocenters. The van der Waals surface area contributed by atoms with Crippen LogP contribution in [0.1, 0.15) is 24.6 Å². The Morgan fingerprint density at radius 3 is 2.74 bits per heavy atom. The molecule has 0 radical (unpaired) electrons. The molecule has 0 aliphatic rings. The molecule has 0 saturated carbocycles. The Morgan fingerprint density at radius 2 is 1.95 bits per heavy atom. The van der Waals surface area contributed by atoms with E-state index >= 15 is 0 Å². The van der Waals surface area contributed by atoms with Crippen molar-refractivity contribution in [1.82, 2.24) is 10.1 Å². The Morgan fingerprint density at radius 1 is 1.11 bits per heavy atom. The Labute approximate surface area is 112 Å². The minimum atomic E-state index is 0.200. The van der Waals surface area contributed by atoms with Crippen molar-refractivity contribution in [2.45, 2.75) is 25.7 Å². The molecule has 0 saturated heterocycles. The number of nitrogens with zero attached hydrogens (tertiary/aromatic N) is 2. The van der Waals surface area contributed by atoms with E-state index in [1.807, 2.05) is 30.3 Å². The van der Waals surface area contributed by atoms with Crippen molar-refractivity contribution in [3.8, 4) is 5.75 Å². The predicted octanol–water partition coefficient (Wildman–Crippen LogP) is 2.01. The molecule has 0 bridgehead atoms. The predicted molar refractivity (Wildman–Crippen MR) is 70.0 cm³/mol. The number of para-hydroxylation sites is 1. The van der Waals surface area contributed by atoms with Crippen LogP contribution in [0.25, 0.3) is 0 Å². The first kappa shape index (κ1) is 13.5. The van der Waals surface area contributed by atoms with Crippen molar-refractivity contribution >= 4 is 0 Å². The second-order valence-electron chi connectivity index (χ2n) is 4.20. The van der Waals surface area contributed by atoms with Gasteiger partial charge in [-0.15, -0.1) is 0 Å². The summed E-state index contributed by atoms with van der Waals surface area (Å²) in [5.74, 6) is 2.13. The third kappa shape index (κ3) is 4.71. The average molecular weight is 262 g/mol. The number of aryl methyl sites for hydroxylation is 1. The highest BCUT2D eigenvalue weighted by Crippen LogP contribution is 2.09. The highest BCUT2D eigenvalue weighted by atomic mass is 16.5. The summed E-state index contributed by atoms with van der Waals surface area (Å²) in [7, 11) is 0. The summed E-state index contributed by atoms with van der Waals surface area (Å²) in [6.07, 6.45) is 2.96. The summed E-state index contributed by atoms with van der Waals surface area (Å²) in [5, 5.41) is 12.6. The normalized spacial score (nSPS) is 10.6. The SMILES string of the molecule is OCCCCc1nc(CCOc2ccccc2)no1. The number of benzene rings is 1. The maximum absolute atomic E-state index is 8.69. The minimum Gasteiger partial charge on any atom is -0.493 e. The van der Waals surface area contributed by atoms with Crippen molar-refractivity contribution in [2.75, 3.05) is 13.2 Å². The van der Waals surface area contributed by atoms with Gasteiger partial charge in [0.2, 0.25) is 5.89 Å². The monoisotopic (exact) mass is 262 g/mol. The van der Waals surface area contributed by atoms with Gasteiger partial charge in [-0.25, -0.2) is 0 Å². The van der Waals surface area contributed by atoms with Gasteiger partial charge in [0.15, 0.2) is 5.82 Å². The number of aliphatic hydroxyl groups is 1. The van der Waals surface area contributed by atoms with Crippen LogP contribution in [0, 0.1) is 0 Å². The molecule has 1 aromatic carbocycles. The molecule has 0 aliphatic carbocycles. The van der Waals surface area contributed by atoms with E-state index in [9.17, 15) is 0 Å². The van der Waals surface area contributed by atoms with Crippen LogP contribution in [0.15, 0.2) is 34.9 Å². The number of aromatic nitrogens is 2. The smallest absolute Gasteiger partial charge is 0.226 e. The van der Waals surface area contributed by atoms with Crippen molar-refractivity contribution in [3.05, 3.63) is 42.0 Å². The molecule has 1 N–H and O–H groups in total. The number of hydrogen-bond acceptors (Lipinski definition) is 5. The van der Waals surface area contributed by atoms with Crippen molar-refractivity contribution in [3.63, 3.8) is 0 Å². The third-order valence-electron chi connectivity index (χ3n) is 2.65. The fourth-order valence-corrected chi connectivity index (χ4v) is 1.66. The molecule has 0 fully saturated rings. The van der Waals surface area contributed by atoms with Crippen LogP contribution in [0.4, 0.5) is 0 Å². The van der Waals surface area contributed by atoms with Gasteiger partial charge < -0.3 is 14.4 Å². The van der Waals surface area contributed by atoms with E-state index in [-0.39, 0.29) is 6.61 Å². The molecular weight excluding hydrogens is 244 g/mol. The Kier molecular flexibility index (Phi) is 5.37. The van der Waals surface area contributed by atoms with Gasteiger partial charge in [0, 0.05) is 19.4 Å². The Balaban J connectivity index is 1.71. The number of rotatable bonds is 8. The summed E-state index contributed by atoms with van der Waals surface area (Å²) in [6, 6.07) is 9.64. The molecule has 0 aliphatic heterocycles. The van der Waals surface area contributed by atoms with Crippen LogP contribution in [-0.4, -0.2) is 28.5 Å². The largest absolute Gasteiger partial charge is 0.493 e. The van der Waals surface area contributed by atoms with Crippen LogP contribution in [0.3, 0.4) is 0 Å². The highest BCUT2D eigenvalue weighted by molar-refractivity contribution is 5.20. The van der Waals surface area contributed by atoms with E-state index < -0.39 is 0 Å². The number of hydrogen-bond donors (Lipinski definition) is 1. The average Bonchev–Trinajstić information content (AvgIpc) is 2.88. The second-order valence-corrected chi connectivity index (χ2v) is 4.20. The van der Waals surface area contributed by atoms with E-state index in [1.165, 1.54) is 0 Å². The number of unbranched alkanes of at least 4 members (excludes halogenated alkanes) is 1. The van der Waals surface area contributed by atoms with Gasteiger partial charge >= 0.3 is 0 Å². The highest BCUT2D eigenvalue weighted by Gasteiger charge is 2.06. The van der Waals surface area contributed by atoms with Gasteiger partial charge in [-0.3, -0.25) is 0 Å². The standard InChI is InChI=1S/C14H18N2O3/c17-10-5-4-8-14-15-13(16-19-14)9-11-18-12-6-2-1-3-7-12/h1-3,6-7,17H,4-5,8-11H2. The Bertz CT molecular complexity index is 471. The van der Waals surface area contributed by atoms with Crippen LogP contribution in [0.5, 0.6) is 5.75 Å². The third-order valence-corrected chi connectivity index (χ3v) is 2.65. The summed E-state index contributed by atoms with van der Waals surface area (Å²) in [5.41, 5.74) is 0. The van der Waals surface area contributed by atoms with Gasteiger partial charge in [0.25, 0.3) is 0 Å². The molecule has 5 nitrogen and oxygen atoms in total. The molecule has 0 amide bonds. The molecule has 1 aromatic heterocycles. The van der Waals surface area contributed by atoms with Crippen LogP contribution in [0.2, 0.25) is 0 Å². The van der Waals surface area contributed by atoms with Crippen molar-refractivity contribution in [2.24, 2.45) is 0 Å². The quantitative estimate of drug-likeness (QED) is 0.737. The zero-order valence-corrected chi connectivity index (χ0v) is 10.8. The van der Waals surface area contributed by atoms with E-state index in [1.54, 1.807) is 0 Å². The molecule has 5 heteroatoms. The summed E-state index contributed by atoms with van der Waals surface area (Å²) in [6.45, 7) is 0.728. The van der Waals surface area contributed by atoms with E-state index in [4.69, 9.17) is 14.4 Å². The molecule has 102 valence electrons. The first-order chi connectivity index (χ1) is 9.38. The number of ether oxygens (including phenoxy) is 1. The van der Waals surface area contributed by atoms with Gasteiger partial charge in [-0.05, 0) is 25.0 Å². The topological polar surface area (TPSA) is 68.4 Å². The molecule has 0 spiro atoms. The van der Waals surface area contributed by atoms with E-state index in [0.717, 1.165) is 18.6 Å². The lowest BCUT2D eigenvalue weighted by molar-refractivity contribution is 0.280. The first-order valence-corrected chi connectivity index (χ1v) is 6.48. The molecular formula is C14H18N2O3. The van der Waals surface area contributed by atoms with Gasteiger partial charge in [-0.1, -0.05) is 23.4 Å². The Hall–Kier alpha value is -1.88. The minimum absolute atomic E-state index is 0.200. The second kappa shape index (κ2) is 7.53. The maximum atomic E-state index is 8.69. The fourth-order valence-electron chi connectivity index (χ4n) is 1.66. The summed E-state index contributed by atoms with van der Waals surface area (Å²) >= 11 is 0. The lowest BCUT2D eigenvalue weighted by atomic mass is 10.2. The molecule has 19 heavy (non-hydrogen) atoms. The van der Waals surface area contributed by atoms with Gasteiger partial charge in [0.1, 0.15) is 5.75 Å². The number of aliphatic hydroxyl groups excluding tert-OH is 1. The summed E-state index contributed by atoms with van der Waals surface area (Å²) < 4.78 is 10.7. The zero-order chi connectivity index (χ0) is 13.3. The fraction of sp³-hybridized carbons (Fsp3) is 0.429. The van der Waals surface area contributed by atoms with Crippen molar-refractivity contribution < 1.29 is 14.4 Å². The lowest BCUT2D eigenvalue weighted by Gasteiger charge is -2.02. The first-order valence-electron chi connectivity index (χ1n) is 6.48. The lowest BCUT2D eigenvalue weighted by Crippen LogP contribution is -2.02. The maximum Gasteiger partial charge on any atom is 0.226 e. The van der Waals surface area contributed by atoms with Crippen molar-refractivity contribution in [1.29, 1.82) is 0 Å². The molecule has 0 atom stereocenters. The van der Waals surface area contributed by atoms with E-state index in [2.05, 4.69) is 10.1 Å². The van der Waals surface area contributed by atoms with Crippen LogP contribution < -0.4 is 4.74 Å². The molecule has 1 heterocycles. The van der Waals surface area contributed by atoms with E-state index in [0.29, 0.717) is 31.2 Å².